The molecule has 1 N–H and O–H groups in total. The molecule has 0 unspecified atom stereocenters. The van der Waals surface area contributed by atoms with Gasteiger partial charge >= 0.3 is 0 Å². The molecule has 1 aromatic carbocycles. The molecule has 1 heterocycles. The van der Waals surface area contributed by atoms with Gasteiger partial charge in [-0.15, -0.1) is 11.3 Å². The minimum absolute atomic E-state index is 0.208. The van der Waals surface area contributed by atoms with Crippen LogP contribution in [0.25, 0.3) is 0 Å². The number of rotatable bonds is 5. The van der Waals surface area contributed by atoms with Crippen LogP contribution in [0.4, 0.5) is 4.39 Å². The van der Waals surface area contributed by atoms with Crippen LogP contribution in [0.3, 0.4) is 0 Å². The number of hydrogen-bond donors (Lipinski definition) is 1. The lowest BCUT2D eigenvalue weighted by atomic mass is 10.2. The van der Waals surface area contributed by atoms with Crippen LogP contribution in [0.15, 0.2) is 46.8 Å². The fraction of sp³-hybridized carbons (Fsp3) is 0.312. The van der Waals surface area contributed by atoms with Gasteiger partial charge in [0, 0.05) is 32.1 Å². The van der Waals surface area contributed by atoms with E-state index in [0.29, 0.717) is 6.54 Å². The summed E-state index contributed by atoms with van der Waals surface area (Å²) in [6.45, 7) is 1.54. The summed E-state index contributed by atoms with van der Waals surface area (Å²) in [5, 5.41) is 5.44. The van der Waals surface area contributed by atoms with E-state index in [1.165, 1.54) is 17.0 Å². The molecule has 0 bridgehead atoms. The molecule has 2 rings (SSSR count). The summed E-state index contributed by atoms with van der Waals surface area (Å²) in [5.74, 6) is 0.635. The zero-order valence-corrected chi connectivity index (χ0v) is 13.2. The Morgan fingerprint density at radius 1 is 1.29 bits per heavy atom. The second kappa shape index (κ2) is 7.78. The highest BCUT2D eigenvalue weighted by atomic mass is 32.1. The van der Waals surface area contributed by atoms with Crippen LogP contribution in [0.2, 0.25) is 0 Å². The lowest BCUT2D eigenvalue weighted by Crippen LogP contribution is -2.39. The highest BCUT2D eigenvalue weighted by Crippen LogP contribution is 2.08. The first-order valence-electron chi connectivity index (χ1n) is 6.87. The van der Waals surface area contributed by atoms with E-state index < -0.39 is 0 Å². The fourth-order valence-electron chi connectivity index (χ4n) is 2.08. The van der Waals surface area contributed by atoms with Crippen LogP contribution in [0.5, 0.6) is 0 Å². The lowest BCUT2D eigenvalue weighted by molar-refractivity contribution is 0.477. The Morgan fingerprint density at radius 2 is 2.05 bits per heavy atom. The Bertz CT molecular complexity index is 564. The van der Waals surface area contributed by atoms with Crippen molar-refractivity contribution in [3.05, 3.63) is 58.0 Å². The molecule has 0 saturated heterocycles. The molecule has 0 saturated carbocycles. The molecular weight excluding hydrogens is 285 g/mol. The minimum atomic E-state index is -0.208. The molecule has 2 aromatic rings. The number of nitrogens with one attached hydrogen (secondary N) is 1. The van der Waals surface area contributed by atoms with Crippen LogP contribution < -0.4 is 5.32 Å². The number of hydrogen-bond acceptors (Lipinski definition) is 2. The third kappa shape index (κ3) is 4.86. The standard InChI is InChI=1S/C16H20FN3S/c1-18-16(19-10-9-15-4-3-11-21-15)20(2)12-13-5-7-14(17)8-6-13/h3-8,11H,9-10,12H2,1-2H3,(H,18,19). The zero-order chi connectivity index (χ0) is 15.1. The van der Waals surface area contributed by atoms with E-state index in [2.05, 4.69) is 27.8 Å². The van der Waals surface area contributed by atoms with Gasteiger partial charge in [0.15, 0.2) is 5.96 Å². The smallest absolute Gasteiger partial charge is 0.193 e. The van der Waals surface area contributed by atoms with Crippen molar-refractivity contribution in [1.29, 1.82) is 0 Å². The van der Waals surface area contributed by atoms with Crippen LogP contribution in [0, 0.1) is 5.82 Å². The van der Waals surface area contributed by atoms with E-state index in [4.69, 9.17) is 0 Å². The fourth-order valence-corrected chi connectivity index (χ4v) is 2.78. The van der Waals surface area contributed by atoms with Gasteiger partial charge in [-0.1, -0.05) is 18.2 Å². The monoisotopic (exact) mass is 305 g/mol. The number of guanidine groups is 1. The highest BCUT2D eigenvalue weighted by Gasteiger charge is 2.06. The van der Waals surface area contributed by atoms with Gasteiger partial charge in [0.2, 0.25) is 0 Å². The van der Waals surface area contributed by atoms with Gasteiger partial charge in [-0.05, 0) is 35.6 Å². The van der Waals surface area contributed by atoms with Crippen molar-refractivity contribution < 1.29 is 4.39 Å². The Kier molecular flexibility index (Phi) is 5.75. The molecule has 0 radical (unpaired) electrons. The van der Waals surface area contributed by atoms with Crippen LogP contribution >= 0.6 is 11.3 Å². The van der Waals surface area contributed by atoms with Crippen LogP contribution in [-0.2, 0) is 13.0 Å². The summed E-state index contributed by atoms with van der Waals surface area (Å²) < 4.78 is 12.9. The van der Waals surface area contributed by atoms with Crippen molar-refractivity contribution >= 4 is 17.3 Å². The van der Waals surface area contributed by atoms with Crippen molar-refractivity contribution in [3.8, 4) is 0 Å². The van der Waals surface area contributed by atoms with Gasteiger partial charge < -0.3 is 10.2 Å². The van der Waals surface area contributed by atoms with Gasteiger partial charge in [0.05, 0.1) is 0 Å². The molecule has 0 amide bonds. The van der Waals surface area contributed by atoms with Crippen molar-refractivity contribution in [2.24, 2.45) is 4.99 Å². The van der Waals surface area contributed by atoms with Crippen molar-refractivity contribution in [3.63, 3.8) is 0 Å². The second-order valence-corrected chi connectivity index (χ2v) is 5.82. The normalized spacial score (nSPS) is 11.5. The third-order valence-corrected chi connectivity index (χ3v) is 4.08. The van der Waals surface area contributed by atoms with Crippen LogP contribution in [0.1, 0.15) is 10.4 Å². The first kappa shape index (κ1) is 15.5. The summed E-state index contributed by atoms with van der Waals surface area (Å²) in [4.78, 5) is 7.67. The molecule has 0 aliphatic heterocycles. The molecule has 0 fully saturated rings. The lowest BCUT2D eigenvalue weighted by Gasteiger charge is -2.22. The van der Waals surface area contributed by atoms with Crippen molar-refractivity contribution in [2.45, 2.75) is 13.0 Å². The van der Waals surface area contributed by atoms with E-state index in [1.54, 1.807) is 30.5 Å². The molecule has 0 aliphatic rings. The Morgan fingerprint density at radius 3 is 2.67 bits per heavy atom. The van der Waals surface area contributed by atoms with Gasteiger partial charge in [0.25, 0.3) is 0 Å². The summed E-state index contributed by atoms with van der Waals surface area (Å²) in [6, 6.07) is 10.8. The molecule has 112 valence electrons. The molecular formula is C16H20FN3S. The third-order valence-electron chi connectivity index (χ3n) is 3.14. The topological polar surface area (TPSA) is 27.6 Å². The Hall–Kier alpha value is -1.88. The average molecular weight is 305 g/mol. The van der Waals surface area contributed by atoms with Crippen LogP contribution in [-0.4, -0.2) is 31.5 Å². The van der Waals surface area contributed by atoms with E-state index >= 15 is 0 Å². The zero-order valence-electron chi connectivity index (χ0n) is 12.3. The van der Waals surface area contributed by atoms with Gasteiger partial charge in [0.1, 0.15) is 5.82 Å². The number of nitrogens with zero attached hydrogens (tertiary/aromatic N) is 2. The maximum absolute atomic E-state index is 12.9. The van der Waals surface area contributed by atoms with Crippen molar-refractivity contribution in [2.75, 3.05) is 20.6 Å². The highest BCUT2D eigenvalue weighted by molar-refractivity contribution is 7.09. The van der Waals surface area contributed by atoms with Gasteiger partial charge in [-0.2, -0.15) is 0 Å². The second-order valence-electron chi connectivity index (χ2n) is 4.79. The molecule has 21 heavy (non-hydrogen) atoms. The van der Waals surface area contributed by atoms with Gasteiger partial charge in [-0.3, -0.25) is 4.99 Å². The molecule has 0 atom stereocenters. The number of halogens is 1. The maximum Gasteiger partial charge on any atom is 0.193 e. The molecule has 3 nitrogen and oxygen atoms in total. The Labute approximate surface area is 129 Å². The summed E-state index contributed by atoms with van der Waals surface area (Å²) in [7, 11) is 3.75. The molecule has 0 aliphatic carbocycles. The van der Waals surface area contributed by atoms with E-state index in [-0.39, 0.29) is 5.82 Å². The number of thiophene rings is 1. The number of benzene rings is 1. The predicted octanol–water partition coefficient (Wildman–Crippen LogP) is 3.14. The predicted molar refractivity (Wildman–Crippen MR) is 87.3 cm³/mol. The average Bonchev–Trinajstić information content (AvgIpc) is 2.99. The number of aliphatic imine (C=N–C) groups is 1. The largest absolute Gasteiger partial charge is 0.356 e. The SMILES string of the molecule is CN=C(NCCc1cccs1)N(C)Cc1ccc(F)cc1. The van der Waals surface area contributed by atoms with E-state index in [9.17, 15) is 4.39 Å². The molecule has 0 spiro atoms. The first-order valence-corrected chi connectivity index (χ1v) is 7.75. The molecule has 5 heteroatoms. The molecule has 1 aromatic heterocycles. The first-order chi connectivity index (χ1) is 10.2. The Balaban J connectivity index is 1.83. The van der Waals surface area contributed by atoms with E-state index in [0.717, 1.165) is 24.5 Å². The maximum atomic E-state index is 12.9. The summed E-state index contributed by atoms with van der Waals surface area (Å²) >= 11 is 1.77. The quantitative estimate of drug-likeness (QED) is 0.679. The van der Waals surface area contributed by atoms with Crippen molar-refractivity contribution in [1.82, 2.24) is 10.2 Å². The summed E-state index contributed by atoms with van der Waals surface area (Å²) in [6.07, 6.45) is 0.987. The minimum Gasteiger partial charge on any atom is -0.356 e. The van der Waals surface area contributed by atoms with Gasteiger partial charge in [-0.25, -0.2) is 4.39 Å². The summed E-state index contributed by atoms with van der Waals surface area (Å²) in [5.41, 5.74) is 1.06. The van der Waals surface area contributed by atoms with E-state index in [1.807, 2.05) is 11.9 Å².